The van der Waals surface area contributed by atoms with Gasteiger partial charge in [-0.2, -0.15) is 0 Å². The molecule has 1 fully saturated rings. The summed E-state index contributed by atoms with van der Waals surface area (Å²) in [5.41, 5.74) is -0.625. The standard InChI is InChI=1S/C17H36N4O3S/c1-5-18-16(20-14-17(2,3)21-25(4,22)23)19-12-9-13-24-15-10-7-6-8-11-15/h15,21H,5-14H2,1-4H3,(H2,18,19,20). The number of ether oxygens (including phenoxy) is 1. The first-order valence-electron chi connectivity index (χ1n) is 9.34. The molecular weight excluding hydrogens is 340 g/mol. The van der Waals surface area contributed by atoms with E-state index >= 15 is 0 Å². The van der Waals surface area contributed by atoms with Crippen LogP contribution in [-0.4, -0.2) is 58.5 Å². The Morgan fingerprint density at radius 1 is 1.20 bits per heavy atom. The molecule has 0 bridgehead atoms. The first-order valence-corrected chi connectivity index (χ1v) is 11.2. The molecule has 0 atom stereocenters. The number of aliphatic imine (C=N–C) groups is 1. The van der Waals surface area contributed by atoms with E-state index in [1.807, 2.05) is 20.8 Å². The Labute approximate surface area is 153 Å². The van der Waals surface area contributed by atoms with Crippen molar-refractivity contribution < 1.29 is 13.2 Å². The van der Waals surface area contributed by atoms with Crippen molar-refractivity contribution in [3.05, 3.63) is 0 Å². The van der Waals surface area contributed by atoms with Gasteiger partial charge in [0.1, 0.15) is 0 Å². The molecule has 0 spiro atoms. The van der Waals surface area contributed by atoms with Crippen LogP contribution in [0, 0.1) is 0 Å². The van der Waals surface area contributed by atoms with E-state index in [4.69, 9.17) is 4.74 Å². The predicted molar refractivity (Wildman–Crippen MR) is 103 cm³/mol. The quantitative estimate of drug-likeness (QED) is 0.306. The smallest absolute Gasteiger partial charge is 0.209 e. The summed E-state index contributed by atoms with van der Waals surface area (Å²) in [6, 6.07) is 0. The number of sulfonamides is 1. The van der Waals surface area contributed by atoms with Gasteiger partial charge in [0.2, 0.25) is 10.0 Å². The summed E-state index contributed by atoms with van der Waals surface area (Å²) in [7, 11) is -3.25. The fraction of sp³-hybridized carbons (Fsp3) is 0.941. The number of hydrogen-bond acceptors (Lipinski definition) is 4. The highest BCUT2D eigenvalue weighted by atomic mass is 32.2. The minimum absolute atomic E-state index is 0.355. The normalized spacial score (nSPS) is 17.5. The molecule has 1 aliphatic carbocycles. The molecule has 1 aliphatic rings. The second-order valence-corrected chi connectivity index (χ2v) is 9.11. The molecule has 0 amide bonds. The first kappa shape index (κ1) is 22.2. The summed E-state index contributed by atoms with van der Waals surface area (Å²) >= 11 is 0. The van der Waals surface area contributed by atoms with E-state index in [0.717, 1.165) is 32.4 Å². The van der Waals surface area contributed by atoms with Crippen LogP contribution in [0.2, 0.25) is 0 Å². The van der Waals surface area contributed by atoms with Gasteiger partial charge in [-0.1, -0.05) is 19.3 Å². The number of nitrogens with zero attached hydrogens (tertiary/aromatic N) is 1. The largest absolute Gasteiger partial charge is 0.378 e. The molecule has 25 heavy (non-hydrogen) atoms. The number of rotatable bonds is 10. The zero-order valence-corrected chi connectivity index (χ0v) is 17.0. The molecule has 148 valence electrons. The van der Waals surface area contributed by atoms with E-state index in [9.17, 15) is 8.42 Å². The molecule has 0 unspecified atom stereocenters. The van der Waals surface area contributed by atoms with Gasteiger partial charge in [-0.05, 0) is 40.0 Å². The lowest BCUT2D eigenvalue weighted by Crippen LogP contribution is -2.46. The second kappa shape index (κ2) is 11.0. The minimum atomic E-state index is -3.25. The Morgan fingerprint density at radius 3 is 2.48 bits per heavy atom. The Kier molecular flexibility index (Phi) is 9.74. The highest BCUT2D eigenvalue weighted by Gasteiger charge is 2.21. The lowest BCUT2D eigenvalue weighted by atomic mass is 9.98. The van der Waals surface area contributed by atoms with Crippen molar-refractivity contribution in [2.45, 2.75) is 70.9 Å². The molecule has 0 saturated heterocycles. The molecule has 0 aromatic heterocycles. The maximum atomic E-state index is 11.4. The van der Waals surface area contributed by atoms with E-state index in [1.54, 1.807) is 0 Å². The van der Waals surface area contributed by atoms with Crippen LogP contribution in [0.5, 0.6) is 0 Å². The van der Waals surface area contributed by atoms with Crippen LogP contribution in [0.15, 0.2) is 4.99 Å². The fourth-order valence-corrected chi connectivity index (χ4v) is 3.98. The highest BCUT2D eigenvalue weighted by molar-refractivity contribution is 7.88. The van der Waals surface area contributed by atoms with E-state index in [0.29, 0.717) is 18.6 Å². The van der Waals surface area contributed by atoms with E-state index in [2.05, 4.69) is 20.3 Å². The van der Waals surface area contributed by atoms with Crippen molar-refractivity contribution in [3.63, 3.8) is 0 Å². The lowest BCUT2D eigenvalue weighted by Gasteiger charge is -2.23. The Bertz CT molecular complexity index is 500. The summed E-state index contributed by atoms with van der Waals surface area (Å²) in [4.78, 5) is 4.48. The van der Waals surface area contributed by atoms with Gasteiger partial charge in [-0.25, -0.2) is 13.1 Å². The predicted octanol–water partition coefficient (Wildman–Crippen LogP) is 1.61. The first-order chi connectivity index (χ1) is 11.7. The van der Waals surface area contributed by atoms with Gasteiger partial charge in [-0.15, -0.1) is 0 Å². The molecule has 0 radical (unpaired) electrons. The third-order valence-corrected chi connectivity index (χ3v) is 4.88. The van der Waals surface area contributed by atoms with Crippen molar-refractivity contribution in [2.75, 3.05) is 32.5 Å². The van der Waals surface area contributed by atoms with E-state index in [1.165, 1.54) is 32.1 Å². The summed E-state index contributed by atoms with van der Waals surface area (Å²) < 4.78 is 31.3. The van der Waals surface area contributed by atoms with Crippen LogP contribution >= 0.6 is 0 Å². The average Bonchev–Trinajstić information content (AvgIpc) is 2.51. The number of nitrogens with one attached hydrogen (secondary N) is 3. The topological polar surface area (TPSA) is 91.8 Å². The Morgan fingerprint density at radius 2 is 1.88 bits per heavy atom. The zero-order valence-electron chi connectivity index (χ0n) is 16.2. The summed E-state index contributed by atoms with van der Waals surface area (Å²) in [5.74, 6) is 0.698. The molecule has 0 aliphatic heterocycles. The van der Waals surface area contributed by atoms with Gasteiger partial charge in [-0.3, -0.25) is 4.99 Å². The highest BCUT2D eigenvalue weighted by Crippen LogP contribution is 2.20. The molecular formula is C17H36N4O3S. The minimum Gasteiger partial charge on any atom is -0.378 e. The molecule has 0 aromatic rings. The van der Waals surface area contributed by atoms with Crippen LogP contribution in [0.3, 0.4) is 0 Å². The van der Waals surface area contributed by atoms with Crippen molar-refractivity contribution in [2.24, 2.45) is 4.99 Å². The van der Waals surface area contributed by atoms with Crippen LogP contribution in [0.4, 0.5) is 0 Å². The summed E-state index contributed by atoms with van der Waals surface area (Å²) in [6.45, 7) is 8.29. The van der Waals surface area contributed by atoms with Crippen LogP contribution in [-0.2, 0) is 14.8 Å². The van der Waals surface area contributed by atoms with Gasteiger partial charge < -0.3 is 15.4 Å². The lowest BCUT2D eigenvalue weighted by molar-refractivity contribution is 0.0277. The maximum Gasteiger partial charge on any atom is 0.209 e. The Hall–Kier alpha value is -0.860. The summed E-state index contributed by atoms with van der Waals surface area (Å²) in [5, 5.41) is 6.45. The van der Waals surface area contributed by atoms with Crippen LogP contribution < -0.4 is 15.4 Å². The third-order valence-electron chi connectivity index (χ3n) is 3.96. The van der Waals surface area contributed by atoms with Gasteiger partial charge in [0.05, 0.1) is 18.9 Å². The molecule has 3 N–H and O–H groups in total. The van der Waals surface area contributed by atoms with Crippen LogP contribution in [0.25, 0.3) is 0 Å². The molecule has 0 heterocycles. The molecule has 1 rings (SSSR count). The SMILES string of the molecule is CCNC(=NCC(C)(C)NS(C)(=O)=O)NCCCOC1CCCCC1. The van der Waals surface area contributed by atoms with Crippen molar-refractivity contribution in [1.82, 2.24) is 15.4 Å². The number of guanidine groups is 1. The summed E-state index contributed by atoms with van der Waals surface area (Å²) in [6.07, 6.45) is 8.84. The molecule has 7 nitrogen and oxygen atoms in total. The maximum absolute atomic E-state index is 11.4. The van der Waals surface area contributed by atoms with Gasteiger partial charge >= 0.3 is 0 Å². The van der Waals surface area contributed by atoms with E-state index in [-0.39, 0.29) is 0 Å². The fourth-order valence-electron chi connectivity index (χ4n) is 2.91. The average molecular weight is 377 g/mol. The van der Waals surface area contributed by atoms with Crippen molar-refractivity contribution >= 4 is 16.0 Å². The van der Waals surface area contributed by atoms with Crippen molar-refractivity contribution in [1.29, 1.82) is 0 Å². The van der Waals surface area contributed by atoms with Crippen LogP contribution in [0.1, 0.15) is 59.3 Å². The second-order valence-electron chi connectivity index (χ2n) is 7.36. The molecule has 8 heteroatoms. The number of hydrogen-bond donors (Lipinski definition) is 3. The molecule has 0 aromatic carbocycles. The van der Waals surface area contributed by atoms with Gasteiger partial charge in [0.25, 0.3) is 0 Å². The molecule has 1 saturated carbocycles. The monoisotopic (exact) mass is 376 g/mol. The van der Waals surface area contributed by atoms with Gasteiger partial charge in [0, 0.05) is 25.2 Å². The zero-order chi connectivity index (χ0) is 18.8. The van der Waals surface area contributed by atoms with E-state index < -0.39 is 15.6 Å². The van der Waals surface area contributed by atoms with Gasteiger partial charge in [0.15, 0.2) is 5.96 Å². The van der Waals surface area contributed by atoms with Crippen molar-refractivity contribution in [3.8, 4) is 0 Å². The Balaban J connectivity index is 2.32. The third kappa shape index (κ3) is 11.4.